The molecule has 94 valence electrons. The van der Waals surface area contributed by atoms with Crippen LogP contribution in [0.25, 0.3) is 0 Å². The van der Waals surface area contributed by atoms with Crippen molar-refractivity contribution < 1.29 is 5.11 Å². The summed E-state index contributed by atoms with van der Waals surface area (Å²) in [5, 5.41) is 18.3. The van der Waals surface area contributed by atoms with Crippen LogP contribution in [0.3, 0.4) is 0 Å². The molecule has 0 aromatic heterocycles. The minimum absolute atomic E-state index is 0.188. The molecule has 0 heterocycles. The Kier molecular flexibility index (Phi) is 4.32. The van der Waals surface area contributed by atoms with Crippen LogP contribution in [0.15, 0.2) is 51.9 Å². The van der Waals surface area contributed by atoms with Crippen molar-refractivity contribution >= 4 is 27.8 Å². The summed E-state index contributed by atoms with van der Waals surface area (Å²) in [6.07, 6.45) is 2.01. The average Bonchev–Trinajstić information content (AvgIpc) is 2.42. The van der Waals surface area contributed by atoms with Gasteiger partial charge < -0.3 is 5.11 Å². The number of phenolic OH excluding ortho intramolecular Hbond substituents is 1. The van der Waals surface area contributed by atoms with Crippen LogP contribution in [0.1, 0.15) is 11.1 Å². The molecule has 0 saturated heterocycles. The highest BCUT2D eigenvalue weighted by molar-refractivity contribution is 9.10. The molecule has 0 radical (unpaired) electrons. The molecule has 0 amide bonds. The van der Waals surface area contributed by atoms with Crippen LogP contribution in [0.4, 0.5) is 5.69 Å². The van der Waals surface area contributed by atoms with Gasteiger partial charge >= 0.3 is 0 Å². The summed E-state index contributed by atoms with van der Waals surface area (Å²) in [5.74, 6) is 0.188. The molecule has 0 unspecified atom stereocenters. The predicted molar refractivity (Wildman–Crippen MR) is 78.8 cm³/mol. The molecule has 0 spiro atoms. The van der Waals surface area contributed by atoms with Crippen LogP contribution < -0.4 is 0 Å². The third kappa shape index (κ3) is 3.67. The number of rotatable bonds is 3. The molecule has 0 aliphatic heterocycles. The van der Waals surface area contributed by atoms with Gasteiger partial charge in [0.15, 0.2) is 0 Å². The van der Waals surface area contributed by atoms with Gasteiger partial charge in [-0.25, -0.2) is 0 Å². The van der Waals surface area contributed by atoms with Crippen LogP contribution in [0.2, 0.25) is 0 Å². The fourth-order valence-corrected chi connectivity index (χ4v) is 1.94. The maximum absolute atomic E-state index is 9.68. The summed E-state index contributed by atoms with van der Waals surface area (Å²) in [6, 6.07) is 14.7. The molecule has 2 aromatic carbocycles. The third-order valence-corrected chi connectivity index (χ3v) is 3.06. The number of aliphatic imine (C=N–C) groups is 1. The van der Waals surface area contributed by atoms with Crippen molar-refractivity contribution in [3.05, 3.63) is 58.1 Å². The lowest BCUT2D eigenvalue weighted by Gasteiger charge is -2.00. The van der Waals surface area contributed by atoms with Gasteiger partial charge in [-0.2, -0.15) is 5.26 Å². The number of hydrogen-bond acceptors (Lipinski definition) is 3. The third-order valence-electron chi connectivity index (χ3n) is 2.56. The molecule has 0 aliphatic carbocycles. The predicted octanol–water partition coefficient (Wildman–Crippen LogP) is 3.97. The van der Waals surface area contributed by atoms with Crippen molar-refractivity contribution in [3.63, 3.8) is 0 Å². The zero-order valence-electron chi connectivity index (χ0n) is 10.0. The number of aromatic hydroxyl groups is 1. The first kappa shape index (κ1) is 13.3. The second-order valence-electron chi connectivity index (χ2n) is 3.96. The van der Waals surface area contributed by atoms with E-state index in [2.05, 4.69) is 27.0 Å². The molecular formula is C15H11BrN2O. The van der Waals surface area contributed by atoms with Gasteiger partial charge in [0.2, 0.25) is 0 Å². The Balaban J connectivity index is 2.18. The van der Waals surface area contributed by atoms with Gasteiger partial charge in [0.1, 0.15) is 5.75 Å². The molecular weight excluding hydrogens is 304 g/mol. The average molecular weight is 315 g/mol. The van der Waals surface area contributed by atoms with Crippen molar-refractivity contribution in [2.45, 2.75) is 6.42 Å². The SMILES string of the molecule is N#CCc1ccc(N=Cc2cc(Br)ccc2O)cc1. The Morgan fingerprint density at radius 2 is 1.95 bits per heavy atom. The zero-order valence-corrected chi connectivity index (χ0v) is 11.6. The fourth-order valence-electron chi connectivity index (χ4n) is 1.56. The standard InChI is InChI=1S/C15H11BrN2O/c16-13-3-6-15(19)12(9-13)10-18-14-4-1-11(2-5-14)7-8-17/h1-6,9-10,19H,7H2. The second-order valence-corrected chi connectivity index (χ2v) is 4.88. The van der Waals surface area contributed by atoms with Crippen LogP contribution in [0.5, 0.6) is 5.75 Å². The van der Waals surface area contributed by atoms with Gasteiger partial charge in [-0.05, 0) is 35.9 Å². The quantitative estimate of drug-likeness (QED) is 0.871. The van der Waals surface area contributed by atoms with Crippen LogP contribution in [-0.4, -0.2) is 11.3 Å². The van der Waals surface area contributed by atoms with Gasteiger partial charge in [-0.3, -0.25) is 4.99 Å². The Labute approximate surface area is 120 Å². The minimum atomic E-state index is 0.188. The second kappa shape index (κ2) is 6.17. The van der Waals surface area contributed by atoms with Crippen LogP contribution in [0, 0.1) is 11.3 Å². The van der Waals surface area contributed by atoms with E-state index >= 15 is 0 Å². The molecule has 3 nitrogen and oxygen atoms in total. The number of halogens is 1. The van der Waals surface area contributed by atoms with Gasteiger partial charge in [0, 0.05) is 16.3 Å². The van der Waals surface area contributed by atoms with E-state index in [1.54, 1.807) is 24.4 Å². The first-order valence-corrected chi connectivity index (χ1v) is 6.47. The largest absolute Gasteiger partial charge is 0.507 e. The smallest absolute Gasteiger partial charge is 0.124 e. The molecule has 1 N–H and O–H groups in total. The monoisotopic (exact) mass is 314 g/mol. The Morgan fingerprint density at radius 3 is 2.63 bits per heavy atom. The number of nitriles is 1. The minimum Gasteiger partial charge on any atom is -0.507 e. The maximum atomic E-state index is 9.68. The first-order chi connectivity index (χ1) is 9.19. The van der Waals surface area contributed by atoms with Crippen molar-refractivity contribution in [2.75, 3.05) is 0 Å². The molecule has 0 bridgehead atoms. The normalized spacial score (nSPS) is 10.5. The summed E-state index contributed by atoms with van der Waals surface area (Å²) in [4.78, 5) is 4.29. The molecule has 0 aliphatic rings. The van der Waals surface area contributed by atoms with Crippen molar-refractivity contribution in [3.8, 4) is 11.8 Å². The molecule has 0 fully saturated rings. The first-order valence-electron chi connectivity index (χ1n) is 5.67. The summed E-state index contributed by atoms with van der Waals surface area (Å²) >= 11 is 3.35. The van der Waals surface area contributed by atoms with Gasteiger partial charge in [0.25, 0.3) is 0 Å². The Hall–Kier alpha value is -2.12. The zero-order chi connectivity index (χ0) is 13.7. The van der Waals surface area contributed by atoms with E-state index in [0.717, 1.165) is 15.7 Å². The van der Waals surface area contributed by atoms with Crippen LogP contribution in [-0.2, 0) is 6.42 Å². The van der Waals surface area contributed by atoms with Gasteiger partial charge in [-0.1, -0.05) is 28.1 Å². The van der Waals surface area contributed by atoms with E-state index in [9.17, 15) is 5.11 Å². The highest BCUT2D eigenvalue weighted by atomic mass is 79.9. The Bertz CT molecular complexity index is 642. The number of nitrogens with zero attached hydrogens (tertiary/aromatic N) is 2. The van der Waals surface area contributed by atoms with E-state index in [0.29, 0.717) is 12.0 Å². The van der Waals surface area contributed by atoms with Crippen molar-refractivity contribution in [1.82, 2.24) is 0 Å². The summed E-state index contributed by atoms with van der Waals surface area (Å²) in [7, 11) is 0. The molecule has 0 saturated carbocycles. The molecule has 2 rings (SSSR count). The lowest BCUT2D eigenvalue weighted by Crippen LogP contribution is -1.83. The summed E-state index contributed by atoms with van der Waals surface area (Å²) in [6.45, 7) is 0. The van der Waals surface area contributed by atoms with Crippen LogP contribution >= 0.6 is 15.9 Å². The van der Waals surface area contributed by atoms with E-state index in [4.69, 9.17) is 5.26 Å². The number of phenols is 1. The molecule has 2 aromatic rings. The fraction of sp³-hybridized carbons (Fsp3) is 0.0667. The van der Waals surface area contributed by atoms with Gasteiger partial charge in [-0.15, -0.1) is 0 Å². The number of hydrogen-bond donors (Lipinski definition) is 1. The number of benzene rings is 2. The van der Waals surface area contributed by atoms with E-state index < -0.39 is 0 Å². The topological polar surface area (TPSA) is 56.4 Å². The van der Waals surface area contributed by atoms with E-state index in [-0.39, 0.29) is 5.75 Å². The molecule has 0 atom stereocenters. The van der Waals surface area contributed by atoms with E-state index in [1.165, 1.54) is 0 Å². The molecule has 4 heteroatoms. The maximum Gasteiger partial charge on any atom is 0.124 e. The molecule has 19 heavy (non-hydrogen) atoms. The highest BCUT2D eigenvalue weighted by Crippen LogP contribution is 2.21. The van der Waals surface area contributed by atoms with Crippen molar-refractivity contribution in [1.29, 1.82) is 5.26 Å². The summed E-state index contributed by atoms with van der Waals surface area (Å²) in [5.41, 5.74) is 2.39. The Morgan fingerprint density at radius 1 is 1.21 bits per heavy atom. The lowest BCUT2D eigenvalue weighted by atomic mass is 10.1. The summed E-state index contributed by atoms with van der Waals surface area (Å²) < 4.78 is 0.885. The van der Waals surface area contributed by atoms with Crippen molar-refractivity contribution in [2.24, 2.45) is 4.99 Å². The highest BCUT2D eigenvalue weighted by Gasteiger charge is 1.99. The van der Waals surface area contributed by atoms with Gasteiger partial charge in [0.05, 0.1) is 18.2 Å². The van der Waals surface area contributed by atoms with E-state index in [1.807, 2.05) is 24.3 Å². The lowest BCUT2D eigenvalue weighted by molar-refractivity contribution is 0.474.